The molecule has 4 heteroatoms. The fourth-order valence-electron chi connectivity index (χ4n) is 2.66. The molecule has 1 saturated heterocycles. The van der Waals surface area contributed by atoms with Crippen molar-refractivity contribution in [2.24, 2.45) is 5.73 Å². The molecule has 1 rings (SSSR count). The van der Waals surface area contributed by atoms with Crippen LogP contribution in [0.1, 0.15) is 33.6 Å². The van der Waals surface area contributed by atoms with Crippen LogP contribution in [0.4, 0.5) is 0 Å². The van der Waals surface area contributed by atoms with E-state index in [2.05, 4.69) is 30.7 Å². The second kappa shape index (κ2) is 6.14. The van der Waals surface area contributed by atoms with Crippen molar-refractivity contribution in [1.29, 1.82) is 0 Å². The van der Waals surface area contributed by atoms with Gasteiger partial charge >= 0.3 is 0 Å². The number of nitrogens with two attached hydrogens (primary N) is 1. The first-order valence-corrected chi connectivity index (χ1v) is 6.76. The second-order valence-electron chi connectivity index (χ2n) is 5.79. The van der Waals surface area contributed by atoms with Gasteiger partial charge in [-0.2, -0.15) is 0 Å². The molecular formula is C13H29N3O. The van der Waals surface area contributed by atoms with Gasteiger partial charge in [-0.1, -0.05) is 6.92 Å². The molecule has 17 heavy (non-hydrogen) atoms. The molecule has 4 nitrogen and oxygen atoms in total. The molecule has 0 saturated carbocycles. The van der Waals surface area contributed by atoms with Gasteiger partial charge in [0.1, 0.15) is 0 Å². The highest BCUT2D eigenvalue weighted by atomic mass is 16.3. The maximum Gasteiger partial charge on any atom is 0.0756 e. The van der Waals surface area contributed by atoms with Crippen molar-refractivity contribution in [2.45, 2.75) is 51.3 Å². The van der Waals surface area contributed by atoms with E-state index in [0.29, 0.717) is 18.6 Å². The minimum absolute atomic E-state index is 0.336. The highest BCUT2D eigenvalue weighted by Gasteiger charge is 2.29. The van der Waals surface area contributed by atoms with Crippen molar-refractivity contribution < 1.29 is 5.11 Å². The van der Waals surface area contributed by atoms with Gasteiger partial charge < -0.3 is 15.7 Å². The van der Waals surface area contributed by atoms with Gasteiger partial charge in [0.05, 0.1) is 5.60 Å². The zero-order valence-electron chi connectivity index (χ0n) is 11.8. The molecule has 0 bridgehead atoms. The van der Waals surface area contributed by atoms with Crippen molar-refractivity contribution in [3.8, 4) is 0 Å². The molecule has 0 aromatic carbocycles. The predicted octanol–water partition coefficient (Wildman–Crippen LogP) is 0.501. The second-order valence-corrected chi connectivity index (χ2v) is 5.79. The standard InChI is InChI=1S/C13H29N3O/c1-5-12-9-16(7-6-15(12)4)11(2)8-13(3,17)10-14/h11-12,17H,5-10,14H2,1-4H3. The van der Waals surface area contributed by atoms with E-state index in [1.54, 1.807) is 0 Å². The molecule has 0 aliphatic carbocycles. The summed E-state index contributed by atoms with van der Waals surface area (Å²) in [6.45, 7) is 9.92. The smallest absolute Gasteiger partial charge is 0.0756 e. The molecule has 0 spiro atoms. The molecule has 102 valence electrons. The molecule has 3 atom stereocenters. The fraction of sp³-hybridized carbons (Fsp3) is 1.00. The third-order valence-electron chi connectivity index (χ3n) is 4.08. The third-order valence-corrected chi connectivity index (χ3v) is 4.08. The highest BCUT2D eigenvalue weighted by Crippen LogP contribution is 2.19. The molecule has 0 radical (unpaired) electrons. The minimum atomic E-state index is -0.732. The molecule has 0 aromatic rings. The number of hydrogen-bond acceptors (Lipinski definition) is 4. The Morgan fingerprint density at radius 1 is 1.47 bits per heavy atom. The van der Waals surface area contributed by atoms with Crippen LogP contribution in [-0.2, 0) is 0 Å². The number of aliphatic hydroxyl groups is 1. The van der Waals surface area contributed by atoms with E-state index in [-0.39, 0.29) is 0 Å². The van der Waals surface area contributed by atoms with Crippen LogP contribution in [0.5, 0.6) is 0 Å². The van der Waals surface area contributed by atoms with E-state index in [1.807, 2.05) is 6.92 Å². The number of likely N-dealkylation sites (N-methyl/N-ethyl adjacent to an activating group) is 1. The molecule has 1 aliphatic heterocycles. The molecule has 0 aromatic heterocycles. The fourth-order valence-corrected chi connectivity index (χ4v) is 2.66. The van der Waals surface area contributed by atoms with Crippen molar-refractivity contribution in [2.75, 3.05) is 33.2 Å². The molecule has 3 N–H and O–H groups in total. The largest absolute Gasteiger partial charge is 0.389 e. The maximum atomic E-state index is 10.0. The van der Waals surface area contributed by atoms with Crippen molar-refractivity contribution in [3.05, 3.63) is 0 Å². The van der Waals surface area contributed by atoms with Crippen LogP contribution >= 0.6 is 0 Å². The van der Waals surface area contributed by atoms with E-state index in [1.165, 1.54) is 6.42 Å². The Kier molecular flexibility index (Phi) is 5.38. The lowest BCUT2D eigenvalue weighted by Crippen LogP contribution is -2.55. The van der Waals surface area contributed by atoms with Crippen LogP contribution in [-0.4, -0.2) is 65.8 Å². The highest BCUT2D eigenvalue weighted by molar-refractivity contribution is 4.86. The van der Waals surface area contributed by atoms with Crippen LogP contribution in [0.3, 0.4) is 0 Å². The Bertz CT molecular complexity index is 233. The van der Waals surface area contributed by atoms with Crippen molar-refractivity contribution >= 4 is 0 Å². The first-order valence-electron chi connectivity index (χ1n) is 6.76. The molecule has 1 fully saturated rings. The number of hydrogen-bond donors (Lipinski definition) is 2. The summed E-state index contributed by atoms with van der Waals surface area (Å²) in [6.07, 6.45) is 1.94. The Morgan fingerprint density at radius 2 is 2.12 bits per heavy atom. The van der Waals surface area contributed by atoms with Gasteiger partial charge in [-0.15, -0.1) is 0 Å². The van der Waals surface area contributed by atoms with Gasteiger partial charge in [0, 0.05) is 38.3 Å². The zero-order valence-corrected chi connectivity index (χ0v) is 11.8. The van der Waals surface area contributed by atoms with E-state index in [0.717, 1.165) is 26.1 Å². The average molecular weight is 243 g/mol. The van der Waals surface area contributed by atoms with Gasteiger partial charge in [0.2, 0.25) is 0 Å². The van der Waals surface area contributed by atoms with Gasteiger partial charge in [0.15, 0.2) is 0 Å². The average Bonchev–Trinajstić information content (AvgIpc) is 2.29. The number of nitrogens with zero attached hydrogens (tertiary/aromatic N) is 2. The summed E-state index contributed by atoms with van der Waals surface area (Å²) in [5.41, 5.74) is 4.85. The normalized spacial score (nSPS) is 28.9. The monoisotopic (exact) mass is 243 g/mol. The van der Waals surface area contributed by atoms with Gasteiger partial charge in [-0.25, -0.2) is 0 Å². The summed E-state index contributed by atoms with van der Waals surface area (Å²) in [5.74, 6) is 0. The van der Waals surface area contributed by atoms with Crippen LogP contribution < -0.4 is 5.73 Å². The lowest BCUT2D eigenvalue weighted by molar-refractivity contribution is 0.00641. The first kappa shape index (κ1) is 14.9. The SMILES string of the molecule is CCC1CN(C(C)CC(C)(O)CN)CCN1C. The quantitative estimate of drug-likeness (QED) is 0.738. The molecule has 0 amide bonds. The summed E-state index contributed by atoms with van der Waals surface area (Å²) in [4.78, 5) is 4.92. The van der Waals surface area contributed by atoms with Gasteiger partial charge in [-0.3, -0.25) is 4.90 Å². The molecule has 3 unspecified atom stereocenters. The van der Waals surface area contributed by atoms with E-state index < -0.39 is 5.60 Å². The topological polar surface area (TPSA) is 52.7 Å². The predicted molar refractivity (Wildman–Crippen MR) is 72.0 cm³/mol. The Hall–Kier alpha value is -0.160. The summed E-state index contributed by atoms with van der Waals surface area (Å²) < 4.78 is 0. The van der Waals surface area contributed by atoms with E-state index >= 15 is 0 Å². The maximum absolute atomic E-state index is 10.0. The van der Waals surface area contributed by atoms with Gasteiger partial charge in [0.25, 0.3) is 0 Å². The van der Waals surface area contributed by atoms with Crippen LogP contribution in [0.25, 0.3) is 0 Å². The number of rotatable bonds is 5. The van der Waals surface area contributed by atoms with Gasteiger partial charge in [-0.05, 0) is 33.7 Å². The molecule has 1 aliphatic rings. The van der Waals surface area contributed by atoms with E-state index in [4.69, 9.17) is 5.73 Å². The molecular weight excluding hydrogens is 214 g/mol. The minimum Gasteiger partial charge on any atom is -0.389 e. The first-order chi connectivity index (χ1) is 7.89. The Morgan fingerprint density at radius 3 is 2.65 bits per heavy atom. The lowest BCUT2D eigenvalue weighted by Gasteiger charge is -2.43. The summed E-state index contributed by atoms with van der Waals surface area (Å²) >= 11 is 0. The third kappa shape index (κ3) is 4.21. The zero-order chi connectivity index (χ0) is 13.1. The lowest BCUT2D eigenvalue weighted by atomic mass is 9.96. The summed E-state index contributed by atoms with van der Waals surface area (Å²) in [7, 11) is 2.20. The van der Waals surface area contributed by atoms with E-state index in [9.17, 15) is 5.11 Å². The Labute approximate surface area is 106 Å². The van der Waals surface area contributed by atoms with Crippen molar-refractivity contribution in [3.63, 3.8) is 0 Å². The number of piperazine rings is 1. The van der Waals surface area contributed by atoms with Crippen molar-refractivity contribution in [1.82, 2.24) is 9.80 Å². The van der Waals surface area contributed by atoms with Crippen LogP contribution in [0.15, 0.2) is 0 Å². The summed E-state index contributed by atoms with van der Waals surface area (Å²) in [5, 5.41) is 10.0. The van der Waals surface area contributed by atoms with Crippen LogP contribution in [0, 0.1) is 0 Å². The van der Waals surface area contributed by atoms with Crippen LogP contribution in [0.2, 0.25) is 0 Å². The summed E-state index contributed by atoms with van der Waals surface area (Å²) in [6, 6.07) is 1.05. The Balaban J connectivity index is 2.50. The molecule has 1 heterocycles.